The topological polar surface area (TPSA) is 57.9 Å². The highest BCUT2D eigenvalue weighted by Gasteiger charge is 2.58. The molecule has 0 atom stereocenters. The first kappa shape index (κ1) is 21.8. The third-order valence-electron chi connectivity index (χ3n) is 8.31. The predicted octanol–water partition coefficient (Wildman–Crippen LogP) is 4.28. The highest BCUT2D eigenvalue weighted by atomic mass is 19.1. The van der Waals surface area contributed by atoms with E-state index in [4.69, 9.17) is 4.99 Å². The van der Waals surface area contributed by atoms with Crippen molar-refractivity contribution >= 4 is 28.6 Å². The Kier molecular flexibility index (Phi) is 4.54. The second-order valence-corrected chi connectivity index (χ2v) is 11.1. The van der Waals surface area contributed by atoms with Gasteiger partial charge >= 0.3 is 0 Å². The Bertz CT molecular complexity index is 1470. The second-order valence-electron chi connectivity index (χ2n) is 11.1. The summed E-state index contributed by atoms with van der Waals surface area (Å²) in [7, 11) is 2.03. The van der Waals surface area contributed by atoms with Gasteiger partial charge in [-0.05, 0) is 73.6 Å². The van der Waals surface area contributed by atoms with Crippen molar-refractivity contribution in [2.45, 2.75) is 38.1 Å². The number of aryl methyl sites for hydroxylation is 2. The minimum Gasteiger partial charge on any atom is -0.350 e. The van der Waals surface area contributed by atoms with Crippen LogP contribution in [-0.2, 0) is 16.6 Å². The summed E-state index contributed by atoms with van der Waals surface area (Å²) < 4.78 is 17.7. The molecule has 3 fully saturated rings. The number of likely N-dealkylation sites (tertiary alicyclic amines) is 1. The fourth-order valence-corrected chi connectivity index (χ4v) is 5.83. The minimum absolute atomic E-state index is 0.0158. The van der Waals surface area contributed by atoms with E-state index in [1.165, 1.54) is 5.56 Å². The molecule has 2 aliphatic carbocycles. The number of carbonyl (C=O) groups is 2. The molecule has 3 aromatic rings. The lowest BCUT2D eigenvalue weighted by Gasteiger charge is -2.41. The van der Waals surface area contributed by atoms with E-state index in [0.29, 0.717) is 31.0 Å². The lowest BCUT2D eigenvalue weighted by atomic mass is 9.97. The van der Waals surface area contributed by atoms with E-state index in [1.807, 2.05) is 24.1 Å². The van der Waals surface area contributed by atoms with Gasteiger partial charge in [0.1, 0.15) is 17.2 Å². The van der Waals surface area contributed by atoms with Crippen molar-refractivity contribution < 1.29 is 14.0 Å². The van der Waals surface area contributed by atoms with Crippen LogP contribution in [0.3, 0.4) is 0 Å². The largest absolute Gasteiger partial charge is 0.350 e. The number of amidine groups is 1. The first-order valence-electron chi connectivity index (χ1n) is 12.9. The smallest absolute Gasteiger partial charge is 0.256 e. The van der Waals surface area contributed by atoms with Crippen molar-refractivity contribution in [3.8, 4) is 11.1 Å². The molecule has 6 nitrogen and oxygen atoms in total. The first-order valence-corrected chi connectivity index (χ1v) is 12.9. The summed E-state index contributed by atoms with van der Waals surface area (Å²) >= 11 is 0. The molecule has 0 N–H and O–H groups in total. The number of aliphatic imine (C=N–C) groups is 1. The third-order valence-corrected chi connectivity index (χ3v) is 8.31. The Morgan fingerprint density at radius 2 is 1.83 bits per heavy atom. The van der Waals surface area contributed by atoms with Gasteiger partial charge in [-0.1, -0.05) is 12.1 Å². The van der Waals surface area contributed by atoms with Gasteiger partial charge in [-0.25, -0.2) is 4.39 Å². The van der Waals surface area contributed by atoms with Gasteiger partial charge < -0.3 is 9.47 Å². The zero-order chi connectivity index (χ0) is 24.8. The fraction of sp³-hybridized carbons (Fsp3) is 0.414. The fourth-order valence-electron chi connectivity index (χ4n) is 5.83. The number of rotatable bonds is 5. The summed E-state index contributed by atoms with van der Waals surface area (Å²) in [6, 6.07) is 11.4. The van der Waals surface area contributed by atoms with Gasteiger partial charge in [-0.3, -0.25) is 19.5 Å². The average Bonchev–Trinajstić information content (AvgIpc) is 3.75. The number of benzene rings is 2. The van der Waals surface area contributed by atoms with Gasteiger partial charge in [0.15, 0.2) is 0 Å². The standard InChI is InChI=1S/C29H29FN4O2/c1-17-13-32(2)25-8-6-20(11-23(17)25)21-5-7-22(24(30)12-21)26-31-29(9-10-29)28(36)34(26)16-18-14-33(15-18)27(35)19-3-4-19/h5-8,11-13,18-19H,3-4,9-10,14-16H2,1-2H3. The highest BCUT2D eigenvalue weighted by Crippen LogP contribution is 2.46. The number of carbonyl (C=O) groups excluding carboxylic acids is 2. The molecule has 184 valence electrons. The molecule has 0 radical (unpaired) electrons. The molecule has 0 bridgehead atoms. The van der Waals surface area contributed by atoms with Gasteiger partial charge in [0.25, 0.3) is 5.91 Å². The van der Waals surface area contributed by atoms with E-state index in [0.717, 1.165) is 47.7 Å². The molecule has 1 aromatic heterocycles. The van der Waals surface area contributed by atoms with Crippen LogP contribution < -0.4 is 0 Å². The van der Waals surface area contributed by atoms with E-state index in [9.17, 15) is 9.59 Å². The molecule has 2 aliphatic heterocycles. The summed E-state index contributed by atoms with van der Waals surface area (Å²) in [6.07, 6.45) is 5.53. The SMILES string of the molecule is Cc1cn(C)c2ccc(-c3ccc(C4=NC5(CC5)C(=O)N4CC4CN(C(=O)C5CC5)C4)c(F)c3)cc12. The number of amides is 2. The maximum atomic E-state index is 15.6. The molecule has 4 aliphatic rings. The molecule has 1 saturated heterocycles. The Morgan fingerprint density at radius 1 is 1.11 bits per heavy atom. The number of nitrogens with zero attached hydrogens (tertiary/aromatic N) is 4. The van der Waals surface area contributed by atoms with Crippen LogP contribution in [0.25, 0.3) is 22.0 Å². The molecule has 7 rings (SSSR count). The van der Waals surface area contributed by atoms with Crippen molar-refractivity contribution in [1.29, 1.82) is 0 Å². The van der Waals surface area contributed by atoms with E-state index in [2.05, 4.69) is 29.8 Å². The first-order chi connectivity index (χ1) is 17.3. The van der Waals surface area contributed by atoms with E-state index in [-0.39, 0.29) is 29.5 Å². The van der Waals surface area contributed by atoms with E-state index in [1.54, 1.807) is 17.0 Å². The summed E-state index contributed by atoms with van der Waals surface area (Å²) in [5.41, 5.74) is 3.77. The molecular formula is C29H29FN4O2. The van der Waals surface area contributed by atoms with Crippen LogP contribution >= 0.6 is 0 Å². The molecule has 36 heavy (non-hydrogen) atoms. The molecule has 2 amide bonds. The quantitative estimate of drug-likeness (QED) is 0.543. The normalized spacial score (nSPS) is 20.9. The van der Waals surface area contributed by atoms with Crippen LogP contribution in [0.4, 0.5) is 4.39 Å². The van der Waals surface area contributed by atoms with Crippen molar-refractivity contribution in [2.24, 2.45) is 23.9 Å². The van der Waals surface area contributed by atoms with Crippen LogP contribution in [0.2, 0.25) is 0 Å². The van der Waals surface area contributed by atoms with Crippen LogP contribution in [0.1, 0.15) is 36.8 Å². The van der Waals surface area contributed by atoms with Gasteiger partial charge in [0.05, 0.1) is 5.56 Å². The maximum Gasteiger partial charge on any atom is 0.256 e. The Hall–Kier alpha value is -3.48. The zero-order valence-electron chi connectivity index (χ0n) is 20.6. The van der Waals surface area contributed by atoms with Crippen molar-refractivity contribution in [3.63, 3.8) is 0 Å². The molecule has 7 heteroatoms. The molecule has 2 saturated carbocycles. The van der Waals surface area contributed by atoms with Gasteiger partial charge in [-0.2, -0.15) is 0 Å². The van der Waals surface area contributed by atoms with Gasteiger partial charge in [-0.15, -0.1) is 0 Å². The number of hydrogen-bond acceptors (Lipinski definition) is 3. The van der Waals surface area contributed by atoms with E-state index >= 15 is 4.39 Å². The molecule has 2 aromatic carbocycles. The minimum atomic E-state index is -0.691. The van der Waals surface area contributed by atoms with Crippen LogP contribution in [-0.4, -0.2) is 57.2 Å². The monoisotopic (exact) mass is 484 g/mol. The number of hydrogen-bond donors (Lipinski definition) is 0. The van der Waals surface area contributed by atoms with Crippen LogP contribution in [0.15, 0.2) is 47.6 Å². The van der Waals surface area contributed by atoms with Crippen molar-refractivity contribution in [1.82, 2.24) is 14.4 Å². The lowest BCUT2D eigenvalue weighted by molar-refractivity contribution is -0.139. The molecule has 3 heterocycles. The van der Waals surface area contributed by atoms with Crippen molar-refractivity contribution in [2.75, 3.05) is 19.6 Å². The Morgan fingerprint density at radius 3 is 2.53 bits per heavy atom. The summed E-state index contributed by atoms with van der Waals surface area (Å²) in [5.74, 6) is 0.730. The average molecular weight is 485 g/mol. The molecule has 1 spiro atoms. The second kappa shape index (κ2) is 7.51. The molecule has 0 unspecified atom stereocenters. The lowest BCUT2D eigenvalue weighted by Crippen LogP contribution is -2.55. The zero-order valence-corrected chi connectivity index (χ0v) is 20.6. The number of fused-ring (bicyclic) bond motifs is 1. The van der Waals surface area contributed by atoms with Crippen LogP contribution in [0, 0.1) is 24.6 Å². The Labute approximate surface area is 209 Å². The van der Waals surface area contributed by atoms with E-state index < -0.39 is 5.54 Å². The summed E-state index contributed by atoms with van der Waals surface area (Å²) in [5, 5.41) is 1.15. The number of halogens is 1. The summed E-state index contributed by atoms with van der Waals surface area (Å²) in [4.78, 5) is 33.9. The maximum absolute atomic E-state index is 15.6. The third kappa shape index (κ3) is 3.32. The molecular weight excluding hydrogens is 455 g/mol. The highest BCUT2D eigenvalue weighted by molar-refractivity contribution is 6.16. The summed E-state index contributed by atoms with van der Waals surface area (Å²) in [6.45, 7) is 3.90. The predicted molar refractivity (Wildman–Crippen MR) is 136 cm³/mol. The Balaban J connectivity index is 1.15. The van der Waals surface area contributed by atoms with Crippen molar-refractivity contribution in [3.05, 3.63) is 59.5 Å². The van der Waals surface area contributed by atoms with Gasteiger partial charge in [0.2, 0.25) is 5.91 Å². The number of aromatic nitrogens is 1. The van der Waals surface area contributed by atoms with Crippen LogP contribution in [0.5, 0.6) is 0 Å². The van der Waals surface area contributed by atoms with Gasteiger partial charge in [0, 0.05) is 55.6 Å².